The molecular weight excluding hydrogens is 377 g/mol. The van der Waals surface area contributed by atoms with E-state index in [1.165, 1.54) is 19.1 Å². The lowest BCUT2D eigenvalue weighted by molar-refractivity contribution is -0.116. The molecule has 8 heteroatoms. The number of hydrogen-bond donors (Lipinski definition) is 2. The van der Waals surface area contributed by atoms with Gasteiger partial charge in [-0.25, -0.2) is 4.39 Å². The van der Waals surface area contributed by atoms with Crippen LogP contribution in [0.3, 0.4) is 0 Å². The molecule has 2 aromatic carbocycles. The normalized spacial score (nSPS) is 12.7. The number of aryl methyl sites for hydroxylation is 1. The van der Waals surface area contributed by atoms with Crippen molar-refractivity contribution >= 4 is 35.0 Å². The molecule has 1 aliphatic rings. The van der Waals surface area contributed by atoms with E-state index in [-0.39, 0.29) is 42.8 Å². The average molecular weight is 397 g/mol. The standard InChI is InChI=1S/C21H20FN3O4/c1-12-5-7-15-16(10-12)21(29)25(20(15)28)9-3-4-19(27)24-18-11-14(23-13(2)26)6-8-17(18)22/h5-8,10-11H,3-4,9H2,1-2H3,(H,23,26)(H,24,27). The Hall–Kier alpha value is -3.55. The van der Waals surface area contributed by atoms with E-state index >= 15 is 0 Å². The minimum absolute atomic E-state index is 0.00373. The molecule has 0 radical (unpaired) electrons. The van der Waals surface area contributed by atoms with E-state index in [1.807, 2.05) is 6.92 Å². The van der Waals surface area contributed by atoms with E-state index in [2.05, 4.69) is 10.6 Å². The molecular formula is C21H20FN3O4. The van der Waals surface area contributed by atoms with Crippen LogP contribution in [-0.4, -0.2) is 35.1 Å². The predicted molar refractivity (Wildman–Crippen MR) is 105 cm³/mol. The number of nitrogens with zero attached hydrogens (tertiary/aromatic N) is 1. The van der Waals surface area contributed by atoms with Crippen LogP contribution in [0.1, 0.15) is 46.0 Å². The van der Waals surface area contributed by atoms with Crippen LogP contribution in [0, 0.1) is 12.7 Å². The molecule has 0 atom stereocenters. The van der Waals surface area contributed by atoms with Crippen molar-refractivity contribution in [2.75, 3.05) is 17.2 Å². The summed E-state index contributed by atoms with van der Waals surface area (Å²) in [6, 6.07) is 8.92. The monoisotopic (exact) mass is 397 g/mol. The van der Waals surface area contributed by atoms with Crippen molar-refractivity contribution in [3.05, 3.63) is 58.9 Å². The Bertz CT molecular complexity index is 1020. The number of benzene rings is 2. The van der Waals surface area contributed by atoms with Crippen LogP contribution >= 0.6 is 0 Å². The van der Waals surface area contributed by atoms with Gasteiger partial charge in [-0.3, -0.25) is 24.1 Å². The zero-order valence-corrected chi connectivity index (χ0v) is 16.0. The summed E-state index contributed by atoms with van der Waals surface area (Å²) in [6.07, 6.45) is 0.236. The van der Waals surface area contributed by atoms with Gasteiger partial charge in [0.2, 0.25) is 11.8 Å². The second-order valence-corrected chi connectivity index (χ2v) is 6.84. The quantitative estimate of drug-likeness (QED) is 0.732. The number of hydrogen-bond acceptors (Lipinski definition) is 4. The van der Waals surface area contributed by atoms with Crippen LogP contribution in [0.4, 0.5) is 15.8 Å². The first-order valence-corrected chi connectivity index (χ1v) is 9.10. The maximum absolute atomic E-state index is 13.9. The number of rotatable bonds is 6. The minimum Gasteiger partial charge on any atom is -0.326 e. The van der Waals surface area contributed by atoms with Gasteiger partial charge in [0.1, 0.15) is 5.82 Å². The molecule has 7 nitrogen and oxygen atoms in total. The molecule has 0 spiro atoms. The Morgan fingerprint density at radius 1 is 1.00 bits per heavy atom. The van der Waals surface area contributed by atoms with Gasteiger partial charge in [-0.05, 0) is 43.7 Å². The number of amides is 4. The van der Waals surface area contributed by atoms with Crippen LogP contribution in [0.2, 0.25) is 0 Å². The molecule has 4 amide bonds. The Kier molecular flexibility index (Phi) is 5.72. The zero-order valence-electron chi connectivity index (χ0n) is 16.0. The third-order valence-electron chi connectivity index (χ3n) is 4.47. The number of carbonyl (C=O) groups is 4. The van der Waals surface area contributed by atoms with Crippen LogP contribution < -0.4 is 10.6 Å². The smallest absolute Gasteiger partial charge is 0.261 e. The Morgan fingerprint density at radius 2 is 1.72 bits per heavy atom. The summed E-state index contributed by atoms with van der Waals surface area (Å²) in [6.45, 7) is 3.25. The summed E-state index contributed by atoms with van der Waals surface area (Å²) < 4.78 is 13.9. The molecule has 0 bridgehead atoms. The first-order valence-electron chi connectivity index (χ1n) is 9.10. The van der Waals surface area contributed by atoms with E-state index < -0.39 is 11.7 Å². The van der Waals surface area contributed by atoms with Gasteiger partial charge in [0.25, 0.3) is 11.8 Å². The lowest BCUT2D eigenvalue weighted by Crippen LogP contribution is -2.31. The number of anilines is 2. The molecule has 2 N–H and O–H groups in total. The van der Waals surface area contributed by atoms with Crippen molar-refractivity contribution in [3.8, 4) is 0 Å². The van der Waals surface area contributed by atoms with E-state index in [0.717, 1.165) is 16.5 Å². The van der Waals surface area contributed by atoms with Gasteiger partial charge in [0, 0.05) is 25.6 Å². The largest absolute Gasteiger partial charge is 0.326 e. The van der Waals surface area contributed by atoms with Crippen LogP contribution in [-0.2, 0) is 9.59 Å². The second kappa shape index (κ2) is 8.22. The van der Waals surface area contributed by atoms with Crippen molar-refractivity contribution in [3.63, 3.8) is 0 Å². The Labute approximate surface area is 166 Å². The van der Waals surface area contributed by atoms with Gasteiger partial charge in [-0.2, -0.15) is 0 Å². The molecule has 150 valence electrons. The Morgan fingerprint density at radius 3 is 2.45 bits per heavy atom. The van der Waals surface area contributed by atoms with Gasteiger partial charge < -0.3 is 10.6 Å². The van der Waals surface area contributed by atoms with Crippen molar-refractivity contribution in [1.82, 2.24) is 4.90 Å². The Balaban J connectivity index is 1.56. The molecule has 0 aliphatic carbocycles. The maximum Gasteiger partial charge on any atom is 0.261 e. The lowest BCUT2D eigenvalue weighted by Gasteiger charge is -2.14. The summed E-state index contributed by atoms with van der Waals surface area (Å²) in [5.41, 5.74) is 1.92. The van der Waals surface area contributed by atoms with Gasteiger partial charge in [0.05, 0.1) is 16.8 Å². The molecule has 0 unspecified atom stereocenters. The number of carbonyl (C=O) groups excluding carboxylic acids is 4. The average Bonchev–Trinajstić information content (AvgIpc) is 2.88. The summed E-state index contributed by atoms with van der Waals surface area (Å²) in [7, 11) is 0. The molecule has 3 rings (SSSR count). The van der Waals surface area contributed by atoms with Gasteiger partial charge in [-0.1, -0.05) is 11.6 Å². The second-order valence-electron chi connectivity index (χ2n) is 6.84. The highest BCUT2D eigenvalue weighted by Crippen LogP contribution is 2.24. The number of nitrogens with one attached hydrogen (secondary N) is 2. The highest BCUT2D eigenvalue weighted by molar-refractivity contribution is 6.21. The topological polar surface area (TPSA) is 95.6 Å². The first kappa shape index (κ1) is 20.2. The highest BCUT2D eigenvalue weighted by Gasteiger charge is 2.34. The molecule has 0 fully saturated rings. The highest BCUT2D eigenvalue weighted by atomic mass is 19.1. The molecule has 2 aromatic rings. The summed E-state index contributed by atoms with van der Waals surface area (Å²) in [5, 5.41) is 4.95. The summed E-state index contributed by atoms with van der Waals surface area (Å²) >= 11 is 0. The molecule has 1 aliphatic heterocycles. The van der Waals surface area contributed by atoms with E-state index in [1.54, 1.807) is 18.2 Å². The van der Waals surface area contributed by atoms with Crippen molar-refractivity contribution in [2.45, 2.75) is 26.7 Å². The number of imide groups is 1. The van der Waals surface area contributed by atoms with Gasteiger partial charge >= 0.3 is 0 Å². The van der Waals surface area contributed by atoms with Crippen molar-refractivity contribution in [2.24, 2.45) is 0 Å². The lowest BCUT2D eigenvalue weighted by atomic mass is 10.1. The van der Waals surface area contributed by atoms with Gasteiger partial charge in [-0.15, -0.1) is 0 Å². The number of halogens is 1. The molecule has 0 saturated heterocycles. The van der Waals surface area contributed by atoms with E-state index in [4.69, 9.17) is 0 Å². The fourth-order valence-corrected chi connectivity index (χ4v) is 3.12. The number of fused-ring (bicyclic) bond motifs is 1. The SMILES string of the molecule is CC(=O)Nc1ccc(F)c(NC(=O)CCCN2C(=O)c3ccc(C)cc3C2=O)c1. The first-order chi connectivity index (χ1) is 13.8. The van der Waals surface area contributed by atoms with Crippen LogP contribution in [0.25, 0.3) is 0 Å². The van der Waals surface area contributed by atoms with Gasteiger partial charge in [0.15, 0.2) is 0 Å². The van der Waals surface area contributed by atoms with Crippen molar-refractivity contribution < 1.29 is 23.6 Å². The molecule has 0 aromatic heterocycles. The fraction of sp³-hybridized carbons (Fsp3) is 0.238. The summed E-state index contributed by atoms with van der Waals surface area (Å²) in [5.74, 6) is -2.16. The maximum atomic E-state index is 13.9. The predicted octanol–water partition coefficient (Wildman–Crippen LogP) is 3.11. The zero-order chi connectivity index (χ0) is 21.1. The molecule has 29 heavy (non-hydrogen) atoms. The van der Waals surface area contributed by atoms with Crippen molar-refractivity contribution in [1.29, 1.82) is 0 Å². The fourth-order valence-electron chi connectivity index (χ4n) is 3.12. The third-order valence-corrected chi connectivity index (χ3v) is 4.47. The minimum atomic E-state index is -0.636. The molecule has 0 saturated carbocycles. The summed E-state index contributed by atoms with van der Waals surface area (Å²) in [4.78, 5) is 49.2. The van der Waals surface area contributed by atoms with Crippen LogP contribution in [0.15, 0.2) is 36.4 Å². The van der Waals surface area contributed by atoms with E-state index in [9.17, 15) is 23.6 Å². The van der Waals surface area contributed by atoms with Crippen LogP contribution in [0.5, 0.6) is 0 Å². The third kappa shape index (κ3) is 4.48. The molecule has 1 heterocycles. The van der Waals surface area contributed by atoms with E-state index in [0.29, 0.717) is 16.8 Å².